The second-order valence-corrected chi connectivity index (χ2v) is 1.56. The van der Waals surface area contributed by atoms with E-state index in [1.54, 1.807) is 0 Å². The van der Waals surface area contributed by atoms with E-state index in [0.717, 1.165) is 0 Å². The van der Waals surface area contributed by atoms with Gasteiger partial charge in [0.15, 0.2) is 0 Å². The van der Waals surface area contributed by atoms with Crippen molar-refractivity contribution in [2.75, 3.05) is 6.56 Å². The van der Waals surface area contributed by atoms with Crippen LogP contribution in [0, 0.1) is 0 Å². The fraction of sp³-hybridized carbons (Fsp3) is 0.667. The second kappa shape index (κ2) is 3.64. The van der Waals surface area contributed by atoms with Crippen LogP contribution < -0.4 is 0 Å². The third kappa shape index (κ3) is 2.77. The Hall–Kier alpha value is -0.340. The van der Waals surface area contributed by atoms with Crippen molar-refractivity contribution < 1.29 is 17.0 Å². The molecule has 0 aliphatic heterocycles. The maximum Gasteiger partial charge on any atom is 0.255 e. The lowest BCUT2D eigenvalue weighted by Gasteiger charge is -1.97. The molecule has 1 N–H and O–H groups in total. The highest BCUT2D eigenvalue weighted by Gasteiger charge is 1.88. The molecule has 0 spiro atoms. The monoisotopic (exact) mass is 122 g/mol. The van der Waals surface area contributed by atoms with Crippen LogP contribution in [0.4, 0.5) is 0 Å². The van der Waals surface area contributed by atoms with E-state index in [4.69, 9.17) is 8.28 Å². The molecule has 0 saturated carbocycles. The van der Waals surface area contributed by atoms with Crippen LogP contribution >= 0.6 is 0 Å². The highest BCUT2D eigenvalue weighted by Crippen LogP contribution is 2.00. The van der Waals surface area contributed by atoms with E-state index in [-0.39, 0.29) is 5.57 Å². The second-order valence-electron chi connectivity index (χ2n) is 1.56. The summed E-state index contributed by atoms with van der Waals surface area (Å²) in [6.07, 6.45) is 0. The van der Waals surface area contributed by atoms with Crippen LogP contribution in [-0.4, -0.2) is 11.8 Å². The van der Waals surface area contributed by atoms with Crippen molar-refractivity contribution in [2.45, 2.75) is 20.7 Å². The Bertz CT molecular complexity index is 227. The van der Waals surface area contributed by atoms with Gasteiger partial charge in [0.1, 0.15) is 6.56 Å². The molecule has 0 radical (unpaired) electrons. The molecule has 0 aromatic rings. The molecule has 0 amide bonds. The first-order valence-electron chi connectivity index (χ1n) is 5.03. The molecule has 2 heteroatoms. The first-order chi connectivity index (χ1) is 6.13. The average molecular weight is 122 g/mol. The van der Waals surface area contributed by atoms with Gasteiger partial charge in [0.05, 0.1) is 2.74 Å². The Labute approximate surface area is 58.2 Å². The summed E-state index contributed by atoms with van der Waals surface area (Å²) < 4.78 is 42.0. The molecule has 0 saturated heterocycles. The molecule has 0 aliphatic carbocycles. The summed E-state index contributed by atoms with van der Waals surface area (Å²) in [4.78, 5) is 3.96. The van der Waals surface area contributed by atoms with Gasteiger partial charge in [-0.15, -0.1) is 0 Å². The quantitative estimate of drug-likeness (QED) is 0.351. The first-order valence-corrected chi connectivity index (χ1v) is 2.12. The number of allylic oxidation sites excluding steroid dienone is 1. The van der Waals surface area contributed by atoms with Crippen molar-refractivity contribution in [1.82, 2.24) is 0 Å². The molecule has 0 heterocycles. The minimum absolute atomic E-state index is 0.270. The summed E-state index contributed by atoms with van der Waals surface area (Å²) in [6.45, 7) is -2.33. The fourth-order valence-electron chi connectivity index (χ4n) is 0.144. The van der Waals surface area contributed by atoms with Crippen LogP contribution in [0.5, 0.6) is 0 Å². The van der Waals surface area contributed by atoms with Gasteiger partial charge in [-0.05, 0) is 26.3 Å². The molecule has 0 aliphatic rings. The molecular weight excluding hydrogens is 104 g/mol. The lowest BCUT2D eigenvalue weighted by molar-refractivity contribution is -0.234. The van der Waals surface area contributed by atoms with Gasteiger partial charge >= 0.3 is 0 Å². The van der Waals surface area contributed by atoms with Crippen molar-refractivity contribution in [3.8, 4) is 0 Å². The molecule has 0 fully saturated rings. The summed E-state index contributed by atoms with van der Waals surface area (Å²) in [7, 11) is 0. The molecule has 2 nitrogen and oxygen atoms in total. The molecule has 8 heavy (non-hydrogen) atoms. The third-order valence-corrected chi connectivity index (χ3v) is 0.644. The zero-order valence-corrected chi connectivity index (χ0v) is 4.82. The van der Waals surface area contributed by atoms with Crippen LogP contribution in [0.3, 0.4) is 0 Å². The Morgan fingerprint density at radius 3 is 3.12 bits per heavy atom. The lowest BCUT2D eigenvalue weighted by Crippen LogP contribution is -1.91. The highest BCUT2D eigenvalue weighted by atomic mass is 17.1. The summed E-state index contributed by atoms with van der Waals surface area (Å²) in [5.74, 6) is 0. The molecular formula is C6H12O2. The van der Waals surface area contributed by atoms with Crippen molar-refractivity contribution in [1.29, 1.82) is 1.43 Å². The van der Waals surface area contributed by atoms with Crippen LogP contribution in [0.15, 0.2) is 11.1 Å². The van der Waals surface area contributed by atoms with Crippen LogP contribution in [-0.2, 0) is 4.89 Å². The average Bonchev–Trinajstić information content (AvgIpc) is 1.78. The Kier molecular flexibility index (Phi) is 0.964. The van der Waals surface area contributed by atoms with E-state index < -0.39 is 19.0 Å². The summed E-state index contributed by atoms with van der Waals surface area (Å²) >= 11 is 0. The fourth-order valence-corrected chi connectivity index (χ4v) is 0.144. The molecule has 0 bridgehead atoms. The van der Waals surface area contributed by atoms with Crippen LogP contribution in [0.2, 0.25) is 0 Å². The number of hydrogen-bond acceptors (Lipinski definition) is 2. The predicted molar refractivity (Wildman–Crippen MR) is 32.6 cm³/mol. The van der Waals surface area contributed by atoms with E-state index in [1.807, 2.05) is 0 Å². The van der Waals surface area contributed by atoms with Gasteiger partial charge in [0.25, 0.3) is 1.43 Å². The Morgan fingerprint density at radius 1 is 2.00 bits per heavy atom. The number of hydrogen-bond donors (Lipinski definition) is 1. The normalized spacial score (nSPS) is 23.2. The van der Waals surface area contributed by atoms with Crippen LogP contribution in [0.1, 0.15) is 27.6 Å². The summed E-state index contributed by atoms with van der Waals surface area (Å²) in [5.41, 5.74) is -0.232. The first kappa shape index (κ1) is 2.12. The van der Waals surface area contributed by atoms with E-state index >= 15 is 0 Å². The standard InChI is InChI=1S/C6H12O2/c1-5(2)6(3)4-8-7/h7H,4H2,1-3H3/i3D3,4D2/hD. The van der Waals surface area contributed by atoms with Gasteiger partial charge < -0.3 is 0 Å². The van der Waals surface area contributed by atoms with Crippen LogP contribution in [0.25, 0.3) is 1.43 Å². The summed E-state index contributed by atoms with van der Waals surface area (Å²) in [5, 5.41) is 3.42. The van der Waals surface area contributed by atoms with E-state index in [0.29, 0.717) is 0 Å². The van der Waals surface area contributed by atoms with E-state index in [1.165, 1.54) is 13.8 Å². The predicted octanol–water partition coefficient (Wildman–Crippen LogP) is 1.83. The Balaban J connectivity index is 5.16. The van der Waals surface area contributed by atoms with E-state index in [9.17, 15) is 0 Å². The zero-order valence-electron chi connectivity index (χ0n) is 10.8. The zero-order chi connectivity index (χ0) is 11.6. The smallest absolute Gasteiger partial charge is 0.251 e. The van der Waals surface area contributed by atoms with Gasteiger partial charge in [-0.25, -0.2) is 4.89 Å². The molecule has 0 aromatic carbocycles. The van der Waals surface area contributed by atoms with Gasteiger partial charge in [-0.3, -0.25) is 5.26 Å². The third-order valence-electron chi connectivity index (χ3n) is 0.644. The SMILES string of the molecule is [2H]OOC([2H])([2H])C(=C(C)C)C([2H])([2H])[2H]. The largest absolute Gasteiger partial charge is 0.255 e. The molecule has 0 unspecified atom stereocenters. The molecule has 48 valence electrons. The molecule has 0 aromatic heterocycles. The van der Waals surface area contributed by atoms with Gasteiger partial charge in [-0.2, -0.15) is 0 Å². The maximum atomic E-state index is 7.25. The Morgan fingerprint density at radius 2 is 2.75 bits per heavy atom. The molecule has 0 atom stereocenters. The van der Waals surface area contributed by atoms with Gasteiger partial charge in [0, 0.05) is 4.11 Å². The van der Waals surface area contributed by atoms with Crippen molar-refractivity contribution in [3.63, 3.8) is 0 Å². The topological polar surface area (TPSA) is 29.5 Å². The van der Waals surface area contributed by atoms with Gasteiger partial charge in [0.2, 0.25) is 0 Å². The minimum Gasteiger partial charge on any atom is -0.251 e. The van der Waals surface area contributed by atoms with E-state index in [2.05, 4.69) is 10.1 Å². The maximum absolute atomic E-state index is 7.25. The van der Waals surface area contributed by atoms with Crippen molar-refractivity contribution in [2.24, 2.45) is 0 Å². The highest BCUT2D eigenvalue weighted by molar-refractivity contribution is 5.06. The minimum atomic E-state index is -2.62. The van der Waals surface area contributed by atoms with Gasteiger partial charge in [-0.1, -0.05) is 5.57 Å². The summed E-state index contributed by atoms with van der Waals surface area (Å²) in [6, 6.07) is 0. The van der Waals surface area contributed by atoms with Crippen molar-refractivity contribution >= 4 is 0 Å². The number of rotatable bonds is 3. The molecule has 0 rings (SSSR count). The van der Waals surface area contributed by atoms with Crippen molar-refractivity contribution in [3.05, 3.63) is 11.1 Å². The lowest BCUT2D eigenvalue weighted by atomic mass is 10.2.